The van der Waals surface area contributed by atoms with Gasteiger partial charge in [-0.05, 0) is 31.2 Å². The van der Waals surface area contributed by atoms with Crippen molar-refractivity contribution in [3.8, 4) is 5.75 Å². The third-order valence-electron chi connectivity index (χ3n) is 2.68. The molecule has 0 saturated heterocycles. The van der Waals surface area contributed by atoms with Gasteiger partial charge in [0.15, 0.2) is 0 Å². The van der Waals surface area contributed by atoms with Crippen LogP contribution in [0.15, 0.2) is 22.7 Å². The Hall–Kier alpha value is -0.820. The fourth-order valence-electron chi connectivity index (χ4n) is 1.78. The molecule has 1 unspecified atom stereocenters. The van der Waals surface area contributed by atoms with Crippen LogP contribution in [0.5, 0.6) is 5.75 Å². The number of halogens is 5. The number of hydrogen-bond acceptors (Lipinski definition) is 2. The number of nitrogens with one attached hydrogen (secondary N) is 1. The van der Waals surface area contributed by atoms with Crippen LogP contribution in [0.3, 0.4) is 0 Å². The third-order valence-corrected chi connectivity index (χ3v) is 3.36. The van der Waals surface area contributed by atoms with Gasteiger partial charge in [-0.3, -0.25) is 0 Å². The molecule has 0 amide bonds. The lowest BCUT2D eigenvalue weighted by molar-refractivity contribution is -0.151. The predicted molar refractivity (Wildman–Crippen MR) is 72.7 cm³/mol. The van der Waals surface area contributed by atoms with Crippen LogP contribution in [0.2, 0.25) is 0 Å². The Labute approximate surface area is 123 Å². The molecule has 0 spiro atoms. The summed E-state index contributed by atoms with van der Waals surface area (Å²) in [6, 6.07) is 2.57. The van der Waals surface area contributed by atoms with Crippen molar-refractivity contribution in [1.82, 2.24) is 5.32 Å². The zero-order valence-electron chi connectivity index (χ0n) is 11.1. The van der Waals surface area contributed by atoms with Gasteiger partial charge in [-0.1, -0.05) is 28.9 Å². The smallest absolute Gasteiger partial charge is 0.326 e. The minimum Gasteiger partial charge on any atom is -0.494 e. The van der Waals surface area contributed by atoms with Gasteiger partial charge in [0, 0.05) is 4.47 Å². The SMILES string of the molecule is CCNC(c1ccc(OCC)cc1Br)C(F)(F)C(F)F. The van der Waals surface area contributed by atoms with Crippen molar-refractivity contribution in [3.05, 3.63) is 28.2 Å². The van der Waals surface area contributed by atoms with Crippen LogP contribution in [0.25, 0.3) is 0 Å². The number of alkyl halides is 4. The lowest BCUT2D eigenvalue weighted by Crippen LogP contribution is -2.42. The van der Waals surface area contributed by atoms with Gasteiger partial charge in [-0.2, -0.15) is 8.78 Å². The van der Waals surface area contributed by atoms with Gasteiger partial charge in [0.05, 0.1) is 6.61 Å². The van der Waals surface area contributed by atoms with E-state index in [2.05, 4.69) is 21.2 Å². The first-order valence-corrected chi connectivity index (χ1v) is 6.95. The zero-order valence-corrected chi connectivity index (χ0v) is 12.7. The standard InChI is InChI=1S/C13H16BrF4NO/c1-3-19-11(13(17,18)12(15)16)9-6-5-8(20-4-2)7-10(9)14/h5-7,11-12,19H,3-4H2,1-2H3. The monoisotopic (exact) mass is 357 g/mol. The first-order chi connectivity index (χ1) is 9.34. The highest BCUT2D eigenvalue weighted by atomic mass is 79.9. The quantitative estimate of drug-likeness (QED) is 0.730. The minimum absolute atomic E-state index is 0.0700. The van der Waals surface area contributed by atoms with Gasteiger partial charge in [-0.25, -0.2) is 8.78 Å². The summed E-state index contributed by atoms with van der Waals surface area (Å²) >= 11 is 3.13. The lowest BCUT2D eigenvalue weighted by Gasteiger charge is -2.28. The van der Waals surface area contributed by atoms with Gasteiger partial charge in [0.1, 0.15) is 11.8 Å². The molecule has 1 aromatic carbocycles. The molecule has 2 nitrogen and oxygen atoms in total. The van der Waals surface area contributed by atoms with Crippen LogP contribution in [0.1, 0.15) is 25.5 Å². The number of benzene rings is 1. The normalized spacial score (nSPS) is 13.6. The van der Waals surface area contributed by atoms with E-state index in [1.54, 1.807) is 13.8 Å². The van der Waals surface area contributed by atoms with Crippen LogP contribution in [-0.2, 0) is 0 Å². The molecular weight excluding hydrogens is 342 g/mol. The highest BCUT2D eigenvalue weighted by Crippen LogP contribution is 2.40. The van der Waals surface area contributed by atoms with Crippen molar-refractivity contribution in [1.29, 1.82) is 0 Å². The van der Waals surface area contributed by atoms with E-state index in [1.807, 2.05) is 0 Å². The maximum atomic E-state index is 13.6. The molecule has 0 aliphatic rings. The van der Waals surface area contributed by atoms with Gasteiger partial charge in [0.2, 0.25) is 0 Å². The maximum absolute atomic E-state index is 13.6. The van der Waals surface area contributed by atoms with E-state index < -0.39 is 18.4 Å². The Kier molecular flexibility index (Phi) is 6.26. The predicted octanol–water partition coefficient (Wildman–Crippen LogP) is 4.40. The molecule has 1 atom stereocenters. The zero-order chi connectivity index (χ0) is 15.3. The molecule has 0 aromatic heterocycles. The lowest BCUT2D eigenvalue weighted by atomic mass is 10.0. The summed E-state index contributed by atoms with van der Waals surface area (Å²) in [5.41, 5.74) is 0.0700. The van der Waals surface area contributed by atoms with Crippen LogP contribution in [0, 0.1) is 0 Å². The third kappa shape index (κ3) is 3.85. The fraction of sp³-hybridized carbons (Fsp3) is 0.538. The summed E-state index contributed by atoms with van der Waals surface area (Å²) in [6.07, 6.45) is -3.75. The van der Waals surface area contributed by atoms with Crippen molar-refractivity contribution in [2.24, 2.45) is 0 Å². The van der Waals surface area contributed by atoms with E-state index in [1.165, 1.54) is 18.2 Å². The second-order valence-corrected chi connectivity index (χ2v) is 4.94. The first-order valence-electron chi connectivity index (χ1n) is 6.16. The van der Waals surface area contributed by atoms with Crippen molar-refractivity contribution in [3.63, 3.8) is 0 Å². The molecule has 20 heavy (non-hydrogen) atoms. The van der Waals surface area contributed by atoms with E-state index in [0.717, 1.165) is 0 Å². The molecule has 0 saturated carbocycles. The molecule has 0 bridgehead atoms. The molecule has 0 radical (unpaired) electrons. The molecule has 0 heterocycles. The van der Waals surface area contributed by atoms with Crippen molar-refractivity contribution in [2.45, 2.75) is 32.2 Å². The van der Waals surface area contributed by atoms with Crippen LogP contribution < -0.4 is 10.1 Å². The first kappa shape index (κ1) is 17.2. The topological polar surface area (TPSA) is 21.3 Å². The van der Waals surface area contributed by atoms with Crippen LogP contribution in [0.4, 0.5) is 17.6 Å². The van der Waals surface area contributed by atoms with Crippen molar-refractivity contribution in [2.75, 3.05) is 13.2 Å². The summed E-state index contributed by atoms with van der Waals surface area (Å²) < 4.78 is 58.0. The minimum atomic E-state index is -4.16. The van der Waals surface area contributed by atoms with E-state index in [9.17, 15) is 17.6 Å². The van der Waals surface area contributed by atoms with E-state index >= 15 is 0 Å². The Morgan fingerprint density at radius 1 is 1.30 bits per heavy atom. The van der Waals surface area contributed by atoms with E-state index in [4.69, 9.17) is 4.74 Å². The molecule has 0 aliphatic carbocycles. The van der Waals surface area contributed by atoms with Crippen LogP contribution in [-0.4, -0.2) is 25.5 Å². The fourth-order valence-corrected chi connectivity index (χ4v) is 2.37. The Morgan fingerprint density at radius 2 is 1.95 bits per heavy atom. The van der Waals surface area contributed by atoms with Gasteiger partial charge in [0.25, 0.3) is 0 Å². The largest absolute Gasteiger partial charge is 0.494 e. The summed E-state index contributed by atoms with van der Waals surface area (Å²) in [7, 11) is 0. The average Bonchev–Trinajstić information content (AvgIpc) is 2.37. The number of hydrogen-bond donors (Lipinski definition) is 1. The molecule has 0 fully saturated rings. The van der Waals surface area contributed by atoms with E-state index in [0.29, 0.717) is 16.8 Å². The number of rotatable bonds is 7. The Morgan fingerprint density at radius 3 is 2.40 bits per heavy atom. The molecule has 1 rings (SSSR count). The Balaban J connectivity index is 3.15. The molecule has 1 N–H and O–H groups in total. The molecule has 0 aliphatic heterocycles. The molecule has 114 valence electrons. The van der Waals surface area contributed by atoms with Gasteiger partial charge < -0.3 is 10.1 Å². The second kappa shape index (κ2) is 7.26. The average molecular weight is 358 g/mol. The highest BCUT2D eigenvalue weighted by Gasteiger charge is 2.49. The summed E-state index contributed by atoms with van der Waals surface area (Å²) in [4.78, 5) is 0. The highest BCUT2D eigenvalue weighted by molar-refractivity contribution is 9.10. The summed E-state index contributed by atoms with van der Waals surface area (Å²) in [5, 5.41) is 2.41. The Bertz CT molecular complexity index is 442. The maximum Gasteiger partial charge on any atom is 0.326 e. The van der Waals surface area contributed by atoms with Crippen molar-refractivity contribution < 1.29 is 22.3 Å². The van der Waals surface area contributed by atoms with Crippen molar-refractivity contribution >= 4 is 15.9 Å². The second-order valence-electron chi connectivity index (χ2n) is 4.08. The van der Waals surface area contributed by atoms with Gasteiger partial charge >= 0.3 is 12.3 Å². The molecule has 7 heteroatoms. The molecule has 1 aromatic rings. The summed E-state index contributed by atoms with van der Waals surface area (Å²) in [5.74, 6) is -3.68. The van der Waals surface area contributed by atoms with Gasteiger partial charge in [-0.15, -0.1) is 0 Å². The summed E-state index contributed by atoms with van der Waals surface area (Å²) in [6.45, 7) is 3.94. The van der Waals surface area contributed by atoms with E-state index in [-0.39, 0.29) is 12.1 Å². The molecular formula is C13H16BrF4NO. The van der Waals surface area contributed by atoms with Crippen LogP contribution >= 0.6 is 15.9 Å². The number of ether oxygens (including phenoxy) is 1.